The zero-order valence-corrected chi connectivity index (χ0v) is 11.5. The van der Waals surface area contributed by atoms with E-state index in [1.54, 1.807) is 0 Å². The van der Waals surface area contributed by atoms with Gasteiger partial charge in [0.15, 0.2) is 11.6 Å². The average molecular weight is 274 g/mol. The highest BCUT2D eigenvalue weighted by molar-refractivity contribution is 5.89. The molecule has 0 saturated heterocycles. The van der Waals surface area contributed by atoms with Gasteiger partial charge in [0, 0.05) is 11.9 Å². The first-order chi connectivity index (χ1) is 9.40. The minimum absolute atomic E-state index is 0.0834. The van der Waals surface area contributed by atoms with Crippen LogP contribution in [0.3, 0.4) is 0 Å². The van der Waals surface area contributed by atoms with Crippen molar-refractivity contribution in [3.8, 4) is 0 Å². The van der Waals surface area contributed by atoms with E-state index in [0.29, 0.717) is 0 Å². The molecule has 0 aliphatic heterocycles. The van der Waals surface area contributed by atoms with Crippen LogP contribution in [-0.2, 0) is 0 Å². The number of rotatable bonds is 3. The van der Waals surface area contributed by atoms with Gasteiger partial charge in [0.25, 0.3) is 0 Å². The van der Waals surface area contributed by atoms with Crippen LogP contribution in [0, 0.1) is 26.6 Å². The summed E-state index contributed by atoms with van der Waals surface area (Å²) >= 11 is 0. The number of anilines is 2. The molecule has 2 rings (SSSR count). The summed E-state index contributed by atoms with van der Waals surface area (Å²) in [7, 11) is 0. The molecule has 0 atom stereocenters. The van der Waals surface area contributed by atoms with Crippen molar-refractivity contribution < 1.29 is 14.3 Å². The minimum atomic E-state index is -1.31. The van der Waals surface area contributed by atoms with Crippen LogP contribution < -0.4 is 5.32 Å². The maximum atomic E-state index is 14.0. The third-order valence-corrected chi connectivity index (χ3v) is 3.04. The predicted octanol–water partition coefficient (Wildman–Crippen LogP) is 3.59. The van der Waals surface area contributed by atoms with Crippen molar-refractivity contribution in [2.75, 3.05) is 5.32 Å². The van der Waals surface area contributed by atoms with Crippen LogP contribution in [0.25, 0.3) is 0 Å². The number of hydrogen-bond acceptors (Lipinski definition) is 3. The number of hydrogen-bond donors (Lipinski definition) is 2. The van der Waals surface area contributed by atoms with Gasteiger partial charge < -0.3 is 10.4 Å². The van der Waals surface area contributed by atoms with Crippen LogP contribution in [0.1, 0.15) is 27.0 Å². The summed E-state index contributed by atoms with van der Waals surface area (Å²) in [5, 5.41) is 11.8. The zero-order chi connectivity index (χ0) is 14.9. The van der Waals surface area contributed by atoms with Gasteiger partial charge in [0.2, 0.25) is 0 Å². The van der Waals surface area contributed by atoms with E-state index in [9.17, 15) is 9.18 Å². The Labute approximate surface area is 116 Å². The number of aryl methyl sites for hydroxylation is 3. The fraction of sp³-hybridized carbons (Fsp3) is 0.200. The number of aromatic nitrogens is 1. The summed E-state index contributed by atoms with van der Waals surface area (Å²) in [6.07, 6.45) is 1.27. The van der Waals surface area contributed by atoms with Crippen molar-refractivity contribution in [3.05, 3.63) is 52.5 Å². The molecule has 0 fully saturated rings. The summed E-state index contributed by atoms with van der Waals surface area (Å²) in [6, 6.07) is 5.07. The van der Waals surface area contributed by atoms with E-state index in [1.165, 1.54) is 6.20 Å². The molecule has 0 unspecified atom stereocenters. The number of nitrogens with zero attached hydrogens (tertiary/aromatic N) is 1. The Morgan fingerprint density at radius 1 is 1.25 bits per heavy atom. The number of nitrogens with one attached hydrogen (secondary N) is 1. The fourth-order valence-electron chi connectivity index (χ4n) is 2.19. The van der Waals surface area contributed by atoms with E-state index in [-0.39, 0.29) is 5.82 Å². The van der Waals surface area contributed by atoms with Crippen molar-refractivity contribution >= 4 is 17.5 Å². The largest absolute Gasteiger partial charge is 0.478 e. The van der Waals surface area contributed by atoms with E-state index < -0.39 is 17.3 Å². The maximum absolute atomic E-state index is 14.0. The smallest absolute Gasteiger partial charge is 0.338 e. The Bertz CT molecular complexity index is 661. The molecular formula is C15H15FN2O2. The number of carboxylic acid groups (broad SMARTS) is 1. The molecule has 20 heavy (non-hydrogen) atoms. The van der Waals surface area contributed by atoms with Gasteiger partial charge in [-0.05, 0) is 38.0 Å². The SMILES string of the molecule is Cc1cc(C)c(Nc2nccc(C(=O)O)c2F)c(C)c1. The van der Waals surface area contributed by atoms with Crippen molar-refractivity contribution in [2.24, 2.45) is 0 Å². The molecule has 1 aromatic heterocycles. The molecular weight excluding hydrogens is 259 g/mol. The van der Waals surface area contributed by atoms with Crippen LogP contribution in [0.5, 0.6) is 0 Å². The molecule has 0 radical (unpaired) electrons. The van der Waals surface area contributed by atoms with Crippen molar-refractivity contribution in [1.29, 1.82) is 0 Å². The number of pyridine rings is 1. The van der Waals surface area contributed by atoms with Crippen LogP contribution in [0.4, 0.5) is 15.9 Å². The molecule has 0 amide bonds. The molecule has 4 nitrogen and oxygen atoms in total. The van der Waals surface area contributed by atoms with Crippen molar-refractivity contribution in [1.82, 2.24) is 4.98 Å². The van der Waals surface area contributed by atoms with Gasteiger partial charge in [-0.3, -0.25) is 0 Å². The Hall–Kier alpha value is -2.43. The molecule has 0 saturated carbocycles. The summed E-state index contributed by atoms with van der Waals surface area (Å²) in [5.74, 6) is -2.26. The van der Waals surface area contributed by atoms with Gasteiger partial charge in [-0.2, -0.15) is 0 Å². The van der Waals surface area contributed by atoms with E-state index >= 15 is 0 Å². The highest BCUT2D eigenvalue weighted by Crippen LogP contribution is 2.27. The van der Waals surface area contributed by atoms with Crippen LogP contribution in [0.15, 0.2) is 24.4 Å². The highest BCUT2D eigenvalue weighted by Gasteiger charge is 2.16. The Balaban J connectivity index is 2.46. The molecule has 1 aromatic carbocycles. The Morgan fingerprint density at radius 3 is 2.40 bits per heavy atom. The summed E-state index contributed by atoms with van der Waals surface area (Å²) in [5.41, 5.74) is 3.35. The summed E-state index contributed by atoms with van der Waals surface area (Å²) in [6.45, 7) is 5.79. The third-order valence-electron chi connectivity index (χ3n) is 3.04. The zero-order valence-electron chi connectivity index (χ0n) is 11.5. The Morgan fingerprint density at radius 2 is 1.85 bits per heavy atom. The quantitative estimate of drug-likeness (QED) is 0.897. The number of carbonyl (C=O) groups is 1. The van der Waals surface area contributed by atoms with E-state index in [2.05, 4.69) is 10.3 Å². The lowest BCUT2D eigenvalue weighted by molar-refractivity contribution is 0.0692. The van der Waals surface area contributed by atoms with Gasteiger partial charge in [-0.15, -0.1) is 0 Å². The molecule has 2 aromatic rings. The first-order valence-electron chi connectivity index (χ1n) is 6.13. The summed E-state index contributed by atoms with van der Waals surface area (Å²) in [4.78, 5) is 14.8. The second-order valence-electron chi connectivity index (χ2n) is 4.72. The second kappa shape index (κ2) is 5.28. The lowest BCUT2D eigenvalue weighted by Gasteiger charge is -2.14. The standard InChI is InChI=1S/C15H15FN2O2/c1-8-6-9(2)13(10(3)7-8)18-14-12(16)11(15(19)20)4-5-17-14/h4-7H,1-3H3,(H,17,18)(H,19,20). The minimum Gasteiger partial charge on any atom is -0.478 e. The topological polar surface area (TPSA) is 62.2 Å². The van der Waals surface area contributed by atoms with Gasteiger partial charge >= 0.3 is 5.97 Å². The number of benzene rings is 1. The number of carboxylic acids is 1. The number of aromatic carboxylic acids is 1. The fourth-order valence-corrected chi connectivity index (χ4v) is 2.19. The normalized spacial score (nSPS) is 10.4. The Kier molecular flexibility index (Phi) is 3.70. The lowest BCUT2D eigenvalue weighted by Crippen LogP contribution is -2.07. The molecule has 0 aliphatic carbocycles. The van der Waals surface area contributed by atoms with Crippen LogP contribution in [0.2, 0.25) is 0 Å². The molecule has 2 N–H and O–H groups in total. The van der Waals surface area contributed by atoms with E-state index in [4.69, 9.17) is 5.11 Å². The predicted molar refractivity (Wildman–Crippen MR) is 75.1 cm³/mol. The van der Waals surface area contributed by atoms with Gasteiger partial charge in [-0.25, -0.2) is 14.2 Å². The van der Waals surface area contributed by atoms with E-state index in [0.717, 1.165) is 28.4 Å². The third kappa shape index (κ3) is 2.61. The molecule has 1 heterocycles. The van der Waals surface area contributed by atoms with Crippen molar-refractivity contribution in [2.45, 2.75) is 20.8 Å². The second-order valence-corrected chi connectivity index (χ2v) is 4.72. The molecule has 104 valence electrons. The maximum Gasteiger partial charge on any atom is 0.338 e. The monoisotopic (exact) mass is 274 g/mol. The van der Waals surface area contributed by atoms with E-state index in [1.807, 2.05) is 32.9 Å². The van der Waals surface area contributed by atoms with Crippen LogP contribution in [-0.4, -0.2) is 16.1 Å². The average Bonchev–Trinajstić information content (AvgIpc) is 2.35. The molecule has 0 bridgehead atoms. The number of halogens is 1. The van der Waals surface area contributed by atoms with Gasteiger partial charge in [0.05, 0.1) is 0 Å². The lowest BCUT2D eigenvalue weighted by atomic mass is 10.1. The summed E-state index contributed by atoms with van der Waals surface area (Å²) < 4.78 is 14.0. The molecule has 0 aliphatic rings. The highest BCUT2D eigenvalue weighted by atomic mass is 19.1. The van der Waals surface area contributed by atoms with Crippen LogP contribution >= 0.6 is 0 Å². The molecule has 5 heteroatoms. The molecule has 0 spiro atoms. The van der Waals surface area contributed by atoms with Gasteiger partial charge in [-0.1, -0.05) is 17.7 Å². The first-order valence-corrected chi connectivity index (χ1v) is 6.13. The first kappa shape index (κ1) is 14.0. The van der Waals surface area contributed by atoms with Gasteiger partial charge in [0.1, 0.15) is 5.56 Å². The van der Waals surface area contributed by atoms with Crippen molar-refractivity contribution in [3.63, 3.8) is 0 Å².